The first-order valence-corrected chi connectivity index (χ1v) is 18.6. The van der Waals surface area contributed by atoms with Gasteiger partial charge in [-0.05, 0) is 55.8 Å². The molecule has 0 fully saturated rings. The van der Waals surface area contributed by atoms with Gasteiger partial charge in [-0.25, -0.2) is 0 Å². The minimum Gasteiger partial charge on any atom is -0.513 e. The molecule has 0 aromatic rings. The zero-order valence-electron chi connectivity index (χ0n) is 31.7. The van der Waals surface area contributed by atoms with E-state index in [-0.39, 0.29) is 36.2 Å². The normalized spacial score (nSPS) is 16.4. The van der Waals surface area contributed by atoms with Crippen LogP contribution in [0.5, 0.6) is 0 Å². The average Bonchev–Trinajstić information content (AvgIpc) is 2.98. The third kappa shape index (κ3) is 21.7. The molecule has 0 rings (SSSR count). The van der Waals surface area contributed by atoms with Crippen LogP contribution in [0.25, 0.3) is 0 Å². The molecular weight excluding hydrogens is 628 g/mol. The molecule has 0 radical (unpaired) electrons. The minimum absolute atomic E-state index is 0.0773. The quantitative estimate of drug-likeness (QED) is 0.0391. The Labute approximate surface area is 295 Å². The molecule has 10 nitrogen and oxygen atoms in total. The zero-order chi connectivity index (χ0) is 37.7. The number of carboxylic acid groups (broad SMARTS) is 2. The first-order chi connectivity index (χ1) is 22.9. The lowest BCUT2D eigenvalue weighted by Gasteiger charge is -2.33. The van der Waals surface area contributed by atoms with Gasteiger partial charge >= 0.3 is 23.9 Å². The maximum atomic E-state index is 13.2. The second kappa shape index (κ2) is 25.1. The summed E-state index contributed by atoms with van der Waals surface area (Å²) in [5.41, 5.74) is 0. The van der Waals surface area contributed by atoms with E-state index in [2.05, 4.69) is 41.2 Å². The second-order valence-corrected chi connectivity index (χ2v) is 15.1. The Morgan fingerprint density at radius 3 is 1.63 bits per heavy atom. The van der Waals surface area contributed by atoms with E-state index < -0.39 is 60.8 Å². The number of rotatable bonds is 29. The topological polar surface area (TPSA) is 164 Å². The van der Waals surface area contributed by atoms with Crippen LogP contribution in [0.15, 0.2) is 12.3 Å². The molecule has 0 spiro atoms. The summed E-state index contributed by atoms with van der Waals surface area (Å²) in [7, 11) is 0. The molecule has 0 aromatic heterocycles. The molecule has 0 heterocycles. The Kier molecular flexibility index (Phi) is 23.6. The molecule has 0 aromatic carbocycles. The average molecular weight is 697 g/mol. The zero-order valence-corrected chi connectivity index (χ0v) is 31.7. The number of hydrogen-bond acceptors (Lipinski definition) is 8. The van der Waals surface area contributed by atoms with Crippen LogP contribution in [0, 0.1) is 41.4 Å². The lowest BCUT2D eigenvalue weighted by molar-refractivity contribution is -0.176. The summed E-state index contributed by atoms with van der Waals surface area (Å²) in [4.78, 5) is 61.0. The number of carboxylic acids is 2. The molecule has 0 unspecified atom stereocenters. The highest BCUT2D eigenvalue weighted by Crippen LogP contribution is 2.29. The van der Waals surface area contributed by atoms with Crippen molar-refractivity contribution >= 4 is 29.7 Å². The van der Waals surface area contributed by atoms with Gasteiger partial charge in [-0.15, -0.1) is 0 Å². The lowest BCUT2D eigenvalue weighted by Crippen LogP contribution is -2.41. The Morgan fingerprint density at radius 1 is 0.633 bits per heavy atom. The highest BCUT2D eigenvalue weighted by molar-refractivity contribution is 5.83. The highest BCUT2D eigenvalue weighted by atomic mass is 16.6. The van der Waals surface area contributed by atoms with E-state index in [0.717, 1.165) is 38.5 Å². The van der Waals surface area contributed by atoms with Gasteiger partial charge in [0.15, 0.2) is 0 Å². The minimum atomic E-state index is -1.46. The first-order valence-electron chi connectivity index (χ1n) is 18.6. The maximum absolute atomic E-state index is 13.2. The molecule has 10 heteroatoms. The molecule has 0 aliphatic heterocycles. The second-order valence-electron chi connectivity index (χ2n) is 15.1. The van der Waals surface area contributed by atoms with Crippen molar-refractivity contribution in [3.8, 4) is 0 Å². The van der Waals surface area contributed by atoms with Crippen LogP contribution in [0.1, 0.15) is 152 Å². The van der Waals surface area contributed by atoms with Gasteiger partial charge in [0, 0.05) is 12.3 Å². The van der Waals surface area contributed by atoms with Crippen molar-refractivity contribution in [2.75, 3.05) is 0 Å². The summed E-state index contributed by atoms with van der Waals surface area (Å²) in [5, 5.41) is 28.7. The predicted molar refractivity (Wildman–Crippen MR) is 191 cm³/mol. The van der Waals surface area contributed by atoms with Crippen molar-refractivity contribution in [1.82, 2.24) is 0 Å². The van der Waals surface area contributed by atoms with Gasteiger partial charge in [-0.1, -0.05) is 106 Å². The van der Waals surface area contributed by atoms with Crippen molar-refractivity contribution in [1.29, 1.82) is 0 Å². The summed E-state index contributed by atoms with van der Waals surface area (Å²) in [6.45, 7) is 20.1. The van der Waals surface area contributed by atoms with Gasteiger partial charge in [0.05, 0.1) is 30.9 Å². The summed E-state index contributed by atoms with van der Waals surface area (Å²) < 4.78 is 11.9. The molecule has 8 atom stereocenters. The molecule has 49 heavy (non-hydrogen) atoms. The molecule has 0 saturated heterocycles. The number of aliphatic hydroxyl groups excluding tert-OH is 1. The number of allylic oxidation sites excluding steroid dienone is 1. The molecule has 0 amide bonds. The molecule has 3 N–H and O–H groups in total. The van der Waals surface area contributed by atoms with Crippen molar-refractivity contribution in [3.63, 3.8) is 0 Å². The number of hydrogen-bond donors (Lipinski definition) is 3. The van der Waals surface area contributed by atoms with E-state index in [1.165, 1.54) is 26.2 Å². The Morgan fingerprint density at radius 2 is 1.16 bits per heavy atom. The molecular formula is C39H68O10. The Hall–Kier alpha value is -2.91. The molecule has 0 aliphatic rings. The van der Waals surface area contributed by atoms with Crippen LogP contribution in [0.4, 0.5) is 0 Å². The van der Waals surface area contributed by atoms with Gasteiger partial charge in [0.2, 0.25) is 0 Å². The van der Waals surface area contributed by atoms with Crippen molar-refractivity contribution in [2.45, 2.75) is 164 Å². The first kappa shape index (κ1) is 46.1. The van der Waals surface area contributed by atoms with Gasteiger partial charge in [-0.2, -0.15) is 0 Å². The standard InChI is InChI=1S/C39H68O10/c1-10-11-18-28(6)38(49-37(45)23-32(31(9)41)21-30(8)40)34(48-36(44)24-33(39(46)47)22-35(42)43)20-27(5)17-15-13-12-14-16-26(4)19-29(7)25(2)3/h25-29,32-34,38,41H,9-24H2,1-8H3,(H,42,43)(H,46,47)/t26-,27+,28-,29+,32-,33-,34+,38-/m1/s1. The summed E-state index contributed by atoms with van der Waals surface area (Å²) in [5.74, 6) is -5.11. The van der Waals surface area contributed by atoms with E-state index in [4.69, 9.17) is 14.6 Å². The van der Waals surface area contributed by atoms with E-state index in [0.29, 0.717) is 30.6 Å². The highest BCUT2D eigenvalue weighted by Gasteiger charge is 2.36. The Bertz CT molecular complexity index is 1020. The number of carbonyl (C=O) groups excluding carboxylic acids is 3. The lowest BCUT2D eigenvalue weighted by atomic mass is 9.86. The maximum Gasteiger partial charge on any atom is 0.307 e. The fraction of sp³-hybridized carbons (Fsp3) is 0.821. The fourth-order valence-corrected chi connectivity index (χ4v) is 6.31. The van der Waals surface area contributed by atoms with E-state index in [1.807, 2.05) is 13.8 Å². The number of Topliss-reactive ketones (excluding diaryl/α,β-unsaturated/α-hetero) is 1. The third-order valence-electron chi connectivity index (χ3n) is 9.78. The number of ketones is 1. The van der Waals surface area contributed by atoms with Crippen molar-refractivity contribution < 1.29 is 48.8 Å². The van der Waals surface area contributed by atoms with Crippen molar-refractivity contribution in [2.24, 2.45) is 41.4 Å². The summed E-state index contributed by atoms with van der Waals surface area (Å²) in [6.07, 6.45) is 6.97. The van der Waals surface area contributed by atoms with Crippen LogP contribution in [0.3, 0.4) is 0 Å². The molecule has 284 valence electrons. The number of carbonyl (C=O) groups is 5. The number of aliphatic hydroxyl groups is 1. The van der Waals surface area contributed by atoms with Crippen LogP contribution in [0.2, 0.25) is 0 Å². The smallest absolute Gasteiger partial charge is 0.307 e. The fourth-order valence-electron chi connectivity index (χ4n) is 6.31. The summed E-state index contributed by atoms with van der Waals surface area (Å²) in [6, 6.07) is 0. The van der Waals surface area contributed by atoms with Crippen LogP contribution < -0.4 is 0 Å². The van der Waals surface area contributed by atoms with Gasteiger partial charge < -0.3 is 29.6 Å². The van der Waals surface area contributed by atoms with E-state index in [9.17, 15) is 34.2 Å². The van der Waals surface area contributed by atoms with E-state index >= 15 is 0 Å². The summed E-state index contributed by atoms with van der Waals surface area (Å²) >= 11 is 0. The number of esters is 2. The van der Waals surface area contributed by atoms with Crippen molar-refractivity contribution in [3.05, 3.63) is 12.3 Å². The molecule has 0 bridgehead atoms. The monoisotopic (exact) mass is 696 g/mol. The number of aliphatic carboxylic acids is 2. The SMILES string of the molecule is C=C(O)[C@H](CC(C)=O)CC(=O)O[C@H]([C@H](C)CCCC)[C@H](C[C@@H](C)CCCCCC[C@@H](C)C[C@H](C)C(C)C)OC(=O)C[C@@H](CC(=O)O)C(=O)O. The largest absolute Gasteiger partial charge is 0.513 e. The van der Waals surface area contributed by atoms with E-state index in [1.54, 1.807) is 0 Å². The van der Waals surface area contributed by atoms with Gasteiger partial charge in [-0.3, -0.25) is 19.2 Å². The predicted octanol–water partition coefficient (Wildman–Crippen LogP) is 8.94. The number of ether oxygens (including phenoxy) is 2. The van der Waals surface area contributed by atoms with Gasteiger partial charge in [0.1, 0.15) is 18.0 Å². The van der Waals surface area contributed by atoms with Crippen LogP contribution in [-0.4, -0.2) is 57.2 Å². The number of unbranched alkanes of at least 4 members (excludes halogenated alkanes) is 4. The van der Waals surface area contributed by atoms with Crippen LogP contribution in [-0.2, 0) is 33.4 Å². The third-order valence-corrected chi connectivity index (χ3v) is 9.78. The van der Waals surface area contributed by atoms with Crippen LogP contribution >= 0.6 is 0 Å². The van der Waals surface area contributed by atoms with Gasteiger partial charge in [0.25, 0.3) is 0 Å². The molecule has 0 saturated carbocycles. The molecule has 0 aliphatic carbocycles. The Balaban J connectivity index is 5.84.